The zero-order valence-corrected chi connectivity index (χ0v) is 13.7. The largest absolute Gasteiger partial charge is 0.492 e. The molecule has 0 unspecified atom stereocenters. The lowest BCUT2D eigenvalue weighted by Gasteiger charge is -2.09. The number of aryl methyl sites for hydroxylation is 1. The second-order valence-corrected chi connectivity index (χ2v) is 5.76. The summed E-state index contributed by atoms with van der Waals surface area (Å²) in [5, 5.41) is 14.0. The number of anilines is 1. The van der Waals surface area contributed by atoms with Gasteiger partial charge >= 0.3 is 0 Å². The van der Waals surface area contributed by atoms with Crippen LogP contribution in [0.1, 0.15) is 5.56 Å². The number of nitro benzene ring substituents is 1. The molecular weight excluding hydrogens is 383 g/mol. The van der Waals surface area contributed by atoms with E-state index < -0.39 is 0 Å². The predicted molar refractivity (Wildman–Crippen MR) is 91.0 cm³/mol. The number of nitro groups is 1. The summed E-state index contributed by atoms with van der Waals surface area (Å²) in [6.45, 7) is 2.93. The lowest BCUT2D eigenvalue weighted by molar-refractivity contribution is -0.384. The molecular formula is C15H15IN2O3. The molecule has 0 aromatic heterocycles. The molecule has 5 nitrogen and oxygen atoms in total. The minimum Gasteiger partial charge on any atom is -0.492 e. The fourth-order valence-electron chi connectivity index (χ4n) is 1.87. The van der Waals surface area contributed by atoms with Gasteiger partial charge in [0.2, 0.25) is 0 Å². The van der Waals surface area contributed by atoms with Crippen molar-refractivity contribution in [2.45, 2.75) is 6.92 Å². The van der Waals surface area contributed by atoms with Gasteiger partial charge in [-0.3, -0.25) is 10.1 Å². The number of hydrogen-bond acceptors (Lipinski definition) is 4. The predicted octanol–water partition coefficient (Wildman–Crippen LogP) is 4.00. The summed E-state index contributed by atoms with van der Waals surface area (Å²) in [7, 11) is 0. The molecule has 2 aromatic carbocycles. The zero-order chi connectivity index (χ0) is 15.2. The molecule has 0 atom stereocenters. The number of nitrogens with one attached hydrogen (secondary N) is 1. The third-order valence-corrected chi connectivity index (χ3v) is 3.50. The van der Waals surface area contributed by atoms with E-state index in [1.54, 1.807) is 12.1 Å². The molecule has 0 fully saturated rings. The minimum atomic E-state index is -0.383. The van der Waals surface area contributed by atoms with E-state index in [0.29, 0.717) is 18.8 Å². The smallest absolute Gasteiger partial charge is 0.293 e. The van der Waals surface area contributed by atoms with Crippen LogP contribution in [0.2, 0.25) is 0 Å². The van der Waals surface area contributed by atoms with Crippen LogP contribution in [0.15, 0.2) is 42.5 Å². The second kappa shape index (κ2) is 7.26. The van der Waals surface area contributed by atoms with Gasteiger partial charge in [-0.2, -0.15) is 0 Å². The van der Waals surface area contributed by atoms with Crippen LogP contribution in [0, 0.1) is 20.6 Å². The van der Waals surface area contributed by atoms with E-state index in [4.69, 9.17) is 4.74 Å². The van der Waals surface area contributed by atoms with Crippen molar-refractivity contribution in [3.8, 4) is 5.75 Å². The highest BCUT2D eigenvalue weighted by molar-refractivity contribution is 14.1. The topological polar surface area (TPSA) is 64.4 Å². The Labute approximate surface area is 136 Å². The van der Waals surface area contributed by atoms with E-state index in [9.17, 15) is 10.1 Å². The van der Waals surface area contributed by atoms with Gasteiger partial charge in [0.15, 0.2) is 0 Å². The molecule has 0 aliphatic heterocycles. The molecule has 0 aliphatic rings. The van der Waals surface area contributed by atoms with Crippen molar-refractivity contribution >= 4 is 34.0 Å². The third kappa shape index (κ3) is 4.59. The summed E-state index contributed by atoms with van der Waals surface area (Å²) in [5.74, 6) is 0.800. The van der Waals surface area contributed by atoms with Crippen molar-refractivity contribution in [3.05, 3.63) is 61.7 Å². The Morgan fingerprint density at radius 2 is 2.10 bits per heavy atom. The van der Waals surface area contributed by atoms with Crippen molar-refractivity contribution in [2.75, 3.05) is 18.5 Å². The van der Waals surface area contributed by atoms with Gasteiger partial charge in [0.05, 0.1) is 4.92 Å². The summed E-state index contributed by atoms with van der Waals surface area (Å²) < 4.78 is 6.43. The van der Waals surface area contributed by atoms with Gasteiger partial charge in [0.25, 0.3) is 5.69 Å². The summed E-state index contributed by atoms with van der Waals surface area (Å²) >= 11 is 2.05. The number of hydrogen-bond donors (Lipinski definition) is 1. The van der Waals surface area contributed by atoms with E-state index in [1.807, 2.05) is 37.3 Å². The van der Waals surface area contributed by atoms with Crippen molar-refractivity contribution < 1.29 is 9.66 Å². The molecule has 0 spiro atoms. The minimum absolute atomic E-state index is 0.0810. The Morgan fingerprint density at radius 1 is 1.29 bits per heavy atom. The Morgan fingerprint density at radius 3 is 2.81 bits per heavy atom. The summed E-state index contributed by atoms with van der Waals surface area (Å²) in [5.41, 5.74) is 1.72. The van der Waals surface area contributed by atoms with E-state index in [-0.39, 0.29) is 10.6 Å². The van der Waals surface area contributed by atoms with Crippen molar-refractivity contribution in [1.82, 2.24) is 0 Å². The van der Waals surface area contributed by atoms with E-state index >= 15 is 0 Å². The first-order valence-corrected chi connectivity index (χ1v) is 7.51. The van der Waals surface area contributed by atoms with Gasteiger partial charge in [0.1, 0.15) is 18.0 Å². The first-order valence-electron chi connectivity index (χ1n) is 6.43. The summed E-state index contributed by atoms with van der Waals surface area (Å²) in [6, 6.07) is 12.9. The maximum Gasteiger partial charge on any atom is 0.293 e. The maximum absolute atomic E-state index is 11.0. The number of halogens is 1. The van der Waals surface area contributed by atoms with Crippen LogP contribution in [-0.2, 0) is 0 Å². The molecule has 0 saturated carbocycles. The molecule has 0 radical (unpaired) electrons. The standard InChI is InChI=1S/C15H15IN2O3/c1-11-3-2-4-13(9-11)21-8-7-17-14-6-5-12(16)10-15(14)18(19)20/h2-6,9-10,17H,7-8H2,1H3. The van der Waals surface area contributed by atoms with Gasteiger partial charge in [-0.25, -0.2) is 0 Å². The fourth-order valence-corrected chi connectivity index (χ4v) is 2.34. The normalized spacial score (nSPS) is 10.2. The Bertz CT molecular complexity index is 647. The van der Waals surface area contributed by atoms with E-state index in [2.05, 4.69) is 27.9 Å². The zero-order valence-electron chi connectivity index (χ0n) is 11.5. The summed E-state index contributed by atoms with van der Waals surface area (Å²) in [6.07, 6.45) is 0. The lowest BCUT2D eigenvalue weighted by atomic mass is 10.2. The van der Waals surface area contributed by atoms with Crippen LogP contribution in [0.25, 0.3) is 0 Å². The molecule has 0 heterocycles. The first kappa shape index (κ1) is 15.6. The molecule has 110 valence electrons. The SMILES string of the molecule is Cc1cccc(OCCNc2ccc(I)cc2[N+](=O)[O-])c1. The van der Waals surface area contributed by atoms with Crippen LogP contribution in [0.4, 0.5) is 11.4 Å². The van der Waals surface area contributed by atoms with Crippen LogP contribution in [0.5, 0.6) is 5.75 Å². The molecule has 1 N–H and O–H groups in total. The molecule has 0 saturated heterocycles. The van der Waals surface area contributed by atoms with Crippen LogP contribution in [-0.4, -0.2) is 18.1 Å². The highest BCUT2D eigenvalue weighted by atomic mass is 127. The Balaban J connectivity index is 1.90. The van der Waals surface area contributed by atoms with Gasteiger partial charge in [-0.05, 0) is 59.3 Å². The highest BCUT2D eigenvalue weighted by Crippen LogP contribution is 2.26. The van der Waals surface area contributed by atoms with Crippen molar-refractivity contribution in [2.24, 2.45) is 0 Å². The molecule has 0 amide bonds. The number of rotatable bonds is 6. The number of benzene rings is 2. The third-order valence-electron chi connectivity index (χ3n) is 2.83. The molecule has 6 heteroatoms. The highest BCUT2D eigenvalue weighted by Gasteiger charge is 2.13. The first-order chi connectivity index (χ1) is 10.1. The van der Waals surface area contributed by atoms with Gasteiger partial charge in [-0.1, -0.05) is 12.1 Å². The average molecular weight is 398 g/mol. The number of nitrogens with zero attached hydrogens (tertiary/aromatic N) is 1. The quantitative estimate of drug-likeness (QED) is 0.346. The van der Waals surface area contributed by atoms with Gasteiger partial charge < -0.3 is 10.1 Å². The van der Waals surface area contributed by atoms with Gasteiger partial charge in [-0.15, -0.1) is 0 Å². The van der Waals surface area contributed by atoms with Crippen molar-refractivity contribution in [3.63, 3.8) is 0 Å². The second-order valence-electron chi connectivity index (χ2n) is 4.51. The van der Waals surface area contributed by atoms with Crippen LogP contribution < -0.4 is 10.1 Å². The van der Waals surface area contributed by atoms with Crippen LogP contribution in [0.3, 0.4) is 0 Å². The molecule has 21 heavy (non-hydrogen) atoms. The Kier molecular flexibility index (Phi) is 5.38. The molecule has 2 aromatic rings. The Hall–Kier alpha value is -1.83. The van der Waals surface area contributed by atoms with E-state index in [0.717, 1.165) is 14.9 Å². The number of ether oxygens (including phenoxy) is 1. The van der Waals surface area contributed by atoms with E-state index in [1.165, 1.54) is 0 Å². The molecule has 0 bridgehead atoms. The lowest BCUT2D eigenvalue weighted by Crippen LogP contribution is -2.12. The molecule has 2 rings (SSSR count). The fraction of sp³-hybridized carbons (Fsp3) is 0.200. The van der Waals surface area contributed by atoms with Gasteiger partial charge in [0, 0.05) is 16.2 Å². The molecule has 0 aliphatic carbocycles. The maximum atomic E-state index is 11.0. The van der Waals surface area contributed by atoms with Crippen molar-refractivity contribution in [1.29, 1.82) is 0 Å². The monoisotopic (exact) mass is 398 g/mol. The average Bonchev–Trinajstić information content (AvgIpc) is 2.44. The van der Waals surface area contributed by atoms with Crippen LogP contribution >= 0.6 is 22.6 Å². The summed E-state index contributed by atoms with van der Waals surface area (Å²) in [4.78, 5) is 10.6.